The van der Waals surface area contributed by atoms with E-state index in [0.717, 1.165) is 0 Å². The van der Waals surface area contributed by atoms with Crippen molar-refractivity contribution < 1.29 is 9.53 Å². The molecule has 0 saturated carbocycles. The molecule has 5 heteroatoms. The maximum atomic E-state index is 11.8. The summed E-state index contributed by atoms with van der Waals surface area (Å²) < 4.78 is 5.29. The molecule has 5 nitrogen and oxygen atoms in total. The first-order valence-corrected chi connectivity index (χ1v) is 6.74. The summed E-state index contributed by atoms with van der Waals surface area (Å²) >= 11 is 0. The van der Waals surface area contributed by atoms with Crippen molar-refractivity contribution in [2.24, 2.45) is 5.92 Å². The van der Waals surface area contributed by atoms with Gasteiger partial charge in [-0.1, -0.05) is 13.8 Å². The lowest BCUT2D eigenvalue weighted by Gasteiger charge is -2.44. The van der Waals surface area contributed by atoms with Gasteiger partial charge in [0.05, 0.1) is 6.07 Å². The number of carbonyl (C=O) groups excluding carboxylic acids is 1. The minimum atomic E-state index is -0.551. The largest absolute Gasteiger partial charge is 0.444 e. The van der Waals surface area contributed by atoms with E-state index in [0.29, 0.717) is 13.1 Å². The second kappa shape index (κ2) is 5.38. The Morgan fingerprint density at radius 2 is 1.89 bits per heavy atom. The van der Waals surface area contributed by atoms with Crippen molar-refractivity contribution in [3.63, 3.8) is 0 Å². The van der Waals surface area contributed by atoms with Crippen LogP contribution in [-0.4, -0.2) is 41.3 Å². The Morgan fingerprint density at radius 1 is 1.37 bits per heavy atom. The summed E-state index contributed by atoms with van der Waals surface area (Å²) in [4.78, 5) is 13.4. The van der Waals surface area contributed by atoms with Gasteiger partial charge in [-0.3, -0.25) is 5.32 Å². The number of likely N-dealkylation sites (tertiary alicyclic amines) is 1. The van der Waals surface area contributed by atoms with Crippen LogP contribution in [0.4, 0.5) is 4.79 Å². The molecular formula is C14H25N3O2. The highest BCUT2D eigenvalue weighted by Crippen LogP contribution is 2.21. The molecule has 1 atom stereocenters. The van der Waals surface area contributed by atoms with Crippen LogP contribution in [0.15, 0.2) is 0 Å². The van der Waals surface area contributed by atoms with Gasteiger partial charge in [0.25, 0.3) is 0 Å². The fraction of sp³-hybridized carbons (Fsp3) is 0.857. The molecule has 0 aromatic carbocycles. The molecule has 1 amide bonds. The van der Waals surface area contributed by atoms with E-state index in [1.54, 1.807) is 4.90 Å². The van der Waals surface area contributed by atoms with Gasteiger partial charge in [0.1, 0.15) is 11.1 Å². The number of rotatable bonds is 3. The van der Waals surface area contributed by atoms with E-state index in [-0.39, 0.29) is 18.1 Å². The molecule has 1 N–H and O–H groups in total. The van der Waals surface area contributed by atoms with E-state index in [9.17, 15) is 10.1 Å². The molecule has 19 heavy (non-hydrogen) atoms. The molecule has 0 aromatic heterocycles. The van der Waals surface area contributed by atoms with Gasteiger partial charge in [0, 0.05) is 19.1 Å². The first kappa shape index (κ1) is 15.8. The van der Waals surface area contributed by atoms with E-state index in [1.807, 2.05) is 41.5 Å². The van der Waals surface area contributed by atoms with Crippen LogP contribution in [0, 0.1) is 17.2 Å². The van der Waals surface area contributed by atoms with Gasteiger partial charge in [0.15, 0.2) is 0 Å². The van der Waals surface area contributed by atoms with Crippen molar-refractivity contribution >= 4 is 6.09 Å². The Morgan fingerprint density at radius 3 is 2.26 bits per heavy atom. The quantitative estimate of drug-likeness (QED) is 0.850. The fourth-order valence-corrected chi connectivity index (χ4v) is 1.80. The summed E-state index contributed by atoms with van der Waals surface area (Å²) in [5.41, 5.74) is -1.01. The maximum Gasteiger partial charge on any atom is 0.410 e. The second-order valence-electron chi connectivity index (χ2n) is 6.70. The number of nitriles is 1. The van der Waals surface area contributed by atoms with Crippen LogP contribution in [0.5, 0.6) is 0 Å². The fourth-order valence-electron chi connectivity index (χ4n) is 1.80. The lowest BCUT2D eigenvalue weighted by Crippen LogP contribution is -2.65. The topological polar surface area (TPSA) is 65.4 Å². The van der Waals surface area contributed by atoms with Gasteiger partial charge >= 0.3 is 6.09 Å². The number of nitrogens with one attached hydrogen (secondary N) is 1. The highest BCUT2D eigenvalue weighted by Gasteiger charge is 2.39. The summed E-state index contributed by atoms with van der Waals surface area (Å²) in [6.45, 7) is 12.7. The number of ether oxygens (including phenoxy) is 1. The lowest BCUT2D eigenvalue weighted by atomic mass is 9.88. The lowest BCUT2D eigenvalue weighted by molar-refractivity contribution is 0.00229. The van der Waals surface area contributed by atoms with Crippen molar-refractivity contribution in [2.45, 2.75) is 58.7 Å². The van der Waals surface area contributed by atoms with E-state index in [1.165, 1.54) is 0 Å². The Kier molecular flexibility index (Phi) is 4.46. The number of hydrogen-bond acceptors (Lipinski definition) is 4. The van der Waals surface area contributed by atoms with Crippen LogP contribution >= 0.6 is 0 Å². The zero-order valence-electron chi connectivity index (χ0n) is 12.8. The molecule has 0 aliphatic carbocycles. The number of carbonyl (C=O) groups is 1. The van der Waals surface area contributed by atoms with E-state index in [4.69, 9.17) is 4.74 Å². The summed E-state index contributed by atoms with van der Waals surface area (Å²) in [5, 5.41) is 12.6. The SMILES string of the molecule is CC(C)[C@](C)(C#N)NC1CN(C(=O)OC(C)(C)C)C1. The average molecular weight is 267 g/mol. The molecule has 1 fully saturated rings. The molecule has 0 aromatic rings. The molecule has 1 aliphatic rings. The van der Waals surface area contributed by atoms with Crippen molar-refractivity contribution in [1.29, 1.82) is 5.26 Å². The highest BCUT2D eigenvalue weighted by molar-refractivity contribution is 5.69. The first-order chi connectivity index (χ1) is 8.57. The summed E-state index contributed by atoms with van der Waals surface area (Å²) in [6, 6.07) is 2.48. The van der Waals surface area contributed by atoms with E-state index >= 15 is 0 Å². The van der Waals surface area contributed by atoms with Crippen molar-refractivity contribution in [3.8, 4) is 6.07 Å². The molecule has 1 rings (SSSR count). The number of hydrogen-bond donors (Lipinski definition) is 1. The van der Waals surface area contributed by atoms with Gasteiger partial charge in [-0.2, -0.15) is 5.26 Å². The Hall–Kier alpha value is -1.28. The van der Waals surface area contributed by atoms with Crippen LogP contribution in [0.25, 0.3) is 0 Å². The van der Waals surface area contributed by atoms with E-state index in [2.05, 4.69) is 11.4 Å². The summed E-state index contributed by atoms with van der Waals surface area (Å²) in [7, 11) is 0. The molecule has 108 valence electrons. The number of nitrogens with zero attached hydrogens (tertiary/aromatic N) is 2. The van der Waals surface area contributed by atoms with E-state index < -0.39 is 11.1 Å². The summed E-state index contributed by atoms with van der Waals surface area (Å²) in [6.07, 6.45) is -0.284. The van der Waals surface area contributed by atoms with Gasteiger partial charge in [0.2, 0.25) is 0 Å². The zero-order valence-corrected chi connectivity index (χ0v) is 12.8. The van der Waals surface area contributed by atoms with Crippen LogP contribution in [0.2, 0.25) is 0 Å². The van der Waals surface area contributed by atoms with Gasteiger partial charge in [-0.25, -0.2) is 4.79 Å². The highest BCUT2D eigenvalue weighted by atomic mass is 16.6. The average Bonchev–Trinajstić information content (AvgIpc) is 2.19. The van der Waals surface area contributed by atoms with Crippen LogP contribution < -0.4 is 5.32 Å². The first-order valence-electron chi connectivity index (χ1n) is 6.74. The Balaban J connectivity index is 2.43. The smallest absolute Gasteiger partial charge is 0.410 e. The number of amides is 1. The molecular weight excluding hydrogens is 242 g/mol. The monoisotopic (exact) mass is 267 g/mol. The molecule has 1 heterocycles. The molecule has 1 aliphatic heterocycles. The van der Waals surface area contributed by atoms with Crippen molar-refractivity contribution in [3.05, 3.63) is 0 Å². The molecule has 1 saturated heterocycles. The third kappa shape index (κ3) is 4.10. The standard InChI is InChI=1S/C14H25N3O2/c1-10(2)14(6,9-15)16-11-7-17(8-11)12(18)19-13(3,4)5/h10-11,16H,7-8H2,1-6H3/t14-/m0/s1. The molecule has 0 spiro atoms. The third-order valence-electron chi connectivity index (χ3n) is 3.42. The van der Waals surface area contributed by atoms with Crippen molar-refractivity contribution in [1.82, 2.24) is 10.2 Å². The molecule has 0 radical (unpaired) electrons. The van der Waals surface area contributed by atoms with Gasteiger partial charge in [-0.15, -0.1) is 0 Å². The molecule has 0 bridgehead atoms. The molecule has 0 unspecified atom stereocenters. The zero-order chi connectivity index (χ0) is 14.8. The van der Waals surface area contributed by atoms with Gasteiger partial charge < -0.3 is 9.64 Å². The minimum Gasteiger partial charge on any atom is -0.444 e. The Bertz CT molecular complexity index is 375. The summed E-state index contributed by atoms with van der Waals surface area (Å²) in [5.74, 6) is 0.216. The second-order valence-corrected chi connectivity index (χ2v) is 6.70. The minimum absolute atomic E-state index is 0.166. The normalized spacial score (nSPS) is 19.6. The van der Waals surface area contributed by atoms with Crippen LogP contribution in [0.1, 0.15) is 41.5 Å². The maximum absolute atomic E-state index is 11.8. The third-order valence-corrected chi connectivity index (χ3v) is 3.42. The predicted octanol–water partition coefficient (Wildman–Crippen LogP) is 2.13. The van der Waals surface area contributed by atoms with Crippen LogP contribution in [-0.2, 0) is 4.74 Å². The van der Waals surface area contributed by atoms with Crippen molar-refractivity contribution in [2.75, 3.05) is 13.1 Å². The Labute approximate surface area is 115 Å². The van der Waals surface area contributed by atoms with Gasteiger partial charge in [-0.05, 0) is 33.6 Å². The van der Waals surface area contributed by atoms with Crippen LogP contribution in [0.3, 0.4) is 0 Å². The predicted molar refractivity (Wildman–Crippen MR) is 73.6 cm³/mol.